The van der Waals surface area contributed by atoms with Crippen LogP contribution in [-0.2, 0) is 0 Å². The predicted octanol–water partition coefficient (Wildman–Crippen LogP) is 3.68. The minimum absolute atomic E-state index is 0.123. The predicted molar refractivity (Wildman–Crippen MR) is 83.9 cm³/mol. The van der Waals surface area contributed by atoms with Gasteiger partial charge in [-0.15, -0.1) is 0 Å². The van der Waals surface area contributed by atoms with Gasteiger partial charge < -0.3 is 5.73 Å². The normalized spacial score (nSPS) is 13.0. The Labute approximate surface area is 124 Å². The van der Waals surface area contributed by atoms with Gasteiger partial charge in [0.05, 0.1) is 0 Å². The van der Waals surface area contributed by atoms with Gasteiger partial charge in [-0.1, -0.05) is 23.2 Å². The summed E-state index contributed by atoms with van der Waals surface area (Å²) in [7, 11) is 2.08. The molecule has 0 aromatic heterocycles. The van der Waals surface area contributed by atoms with Crippen LogP contribution in [0.1, 0.15) is 18.0 Å². The Morgan fingerprint density at radius 1 is 1.39 bits per heavy atom. The third-order valence-electron chi connectivity index (χ3n) is 2.93. The van der Waals surface area contributed by atoms with Crippen molar-refractivity contribution in [2.24, 2.45) is 5.73 Å². The maximum atomic E-state index is 6.23. The molecule has 2 nitrogen and oxygen atoms in total. The summed E-state index contributed by atoms with van der Waals surface area (Å²) in [6.07, 6.45) is 3.26. The van der Waals surface area contributed by atoms with Crippen LogP contribution in [0.2, 0.25) is 10.0 Å². The van der Waals surface area contributed by atoms with Crippen molar-refractivity contribution in [1.82, 2.24) is 4.90 Å². The summed E-state index contributed by atoms with van der Waals surface area (Å²) in [5.74, 6) is 1.16. The van der Waals surface area contributed by atoms with E-state index in [1.807, 2.05) is 23.9 Å². The molecule has 1 aromatic rings. The number of rotatable bonds is 7. The van der Waals surface area contributed by atoms with E-state index in [4.69, 9.17) is 28.9 Å². The number of nitrogens with zero attached hydrogens (tertiary/aromatic N) is 1. The molecule has 0 aliphatic rings. The molecule has 2 N–H and O–H groups in total. The molecular formula is C13H20Cl2N2S. The number of likely N-dealkylation sites (N-methyl/N-ethyl adjacent to an activating group) is 1. The molecule has 5 heteroatoms. The van der Waals surface area contributed by atoms with Crippen molar-refractivity contribution in [3.05, 3.63) is 33.8 Å². The van der Waals surface area contributed by atoms with E-state index in [0.29, 0.717) is 11.6 Å². The molecule has 1 rings (SSSR count). The number of benzene rings is 1. The van der Waals surface area contributed by atoms with Crippen LogP contribution in [0.5, 0.6) is 0 Å². The van der Waals surface area contributed by atoms with Crippen LogP contribution in [-0.4, -0.2) is 37.0 Å². The fraction of sp³-hybridized carbons (Fsp3) is 0.538. The lowest BCUT2D eigenvalue weighted by atomic mass is 10.1. The molecular weight excluding hydrogens is 287 g/mol. The Morgan fingerprint density at radius 3 is 2.72 bits per heavy atom. The van der Waals surface area contributed by atoms with Crippen LogP contribution in [0.4, 0.5) is 0 Å². The zero-order valence-electron chi connectivity index (χ0n) is 10.8. The molecule has 1 unspecified atom stereocenters. The quantitative estimate of drug-likeness (QED) is 0.779. The third-order valence-corrected chi connectivity index (χ3v) is 4.21. The molecule has 0 saturated heterocycles. The maximum Gasteiger partial charge on any atom is 0.0482 e. The lowest BCUT2D eigenvalue weighted by molar-refractivity contribution is 0.251. The Bertz CT molecular complexity index is 374. The lowest BCUT2D eigenvalue weighted by Crippen LogP contribution is -2.31. The molecule has 0 bridgehead atoms. The third kappa shape index (κ3) is 4.63. The minimum atomic E-state index is 0.123. The molecule has 1 atom stereocenters. The Balaban J connectivity index is 2.78. The van der Waals surface area contributed by atoms with Gasteiger partial charge in [-0.3, -0.25) is 4.90 Å². The van der Waals surface area contributed by atoms with Crippen LogP contribution in [0.25, 0.3) is 0 Å². The largest absolute Gasteiger partial charge is 0.329 e. The topological polar surface area (TPSA) is 29.3 Å². The first-order chi connectivity index (χ1) is 8.60. The van der Waals surface area contributed by atoms with Crippen molar-refractivity contribution in [3.63, 3.8) is 0 Å². The van der Waals surface area contributed by atoms with Gasteiger partial charge in [0.25, 0.3) is 0 Å². The summed E-state index contributed by atoms with van der Waals surface area (Å²) in [6, 6.07) is 5.66. The summed E-state index contributed by atoms with van der Waals surface area (Å²) in [6.45, 7) is 1.54. The number of halogens is 2. The first kappa shape index (κ1) is 16.1. The summed E-state index contributed by atoms with van der Waals surface area (Å²) >= 11 is 14.1. The summed E-state index contributed by atoms with van der Waals surface area (Å²) in [4.78, 5) is 2.24. The number of hydrogen-bond acceptors (Lipinski definition) is 3. The molecule has 0 saturated carbocycles. The van der Waals surface area contributed by atoms with E-state index in [2.05, 4.69) is 18.2 Å². The molecule has 0 aliphatic heterocycles. The van der Waals surface area contributed by atoms with Gasteiger partial charge in [0.15, 0.2) is 0 Å². The lowest BCUT2D eigenvalue weighted by Gasteiger charge is -2.28. The summed E-state index contributed by atoms with van der Waals surface area (Å²) < 4.78 is 0. The van der Waals surface area contributed by atoms with Crippen molar-refractivity contribution in [2.45, 2.75) is 12.5 Å². The van der Waals surface area contributed by atoms with E-state index in [1.54, 1.807) is 6.07 Å². The van der Waals surface area contributed by atoms with Crippen molar-refractivity contribution in [3.8, 4) is 0 Å². The van der Waals surface area contributed by atoms with E-state index in [-0.39, 0.29) is 6.04 Å². The second kappa shape index (κ2) is 8.28. The Hall–Kier alpha value is 0.0700. The first-order valence-corrected chi connectivity index (χ1v) is 8.09. The monoisotopic (exact) mass is 306 g/mol. The molecule has 0 aliphatic carbocycles. The fourth-order valence-corrected chi connectivity index (χ4v) is 2.77. The van der Waals surface area contributed by atoms with Crippen LogP contribution < -0.4 is 5.73 Å². The summed E-state index contributed by atoms with van der Waals surface area (Å²) in [5.41, 5.74) is 6.89. The van der Waals surface area contributed by atoms with Gasteiger partial charge in [0, 0.05) is 22.6 Å². The van der Waals surface area contributed by atoms with Crippen LogP contribution >= 0.6 is 35.0 Å². The fourth-order valence-electron chi connectivity index (χ4n) is 1.93. The smallest absolute Gasteiger partial charge is 0.0482 e. The van der Waals surface area contributed by atoms with Crippen molar-refractivity contribution < 1.29 is 0 Å². The van der Waals surface area contributed by atoms with E-state index in [1.165, 1.54) is 0 Å². The molecule has 102 valence electrons. The molecule has 1 aromatic carbocycles. The van der Waals surface area contributed by atoms with Gasteiger partial charge in [0.2, 0.25) is 0 Å². The van der Waals surface area contributed by atoms with Gasteiger partial charge in [-0.2, -0.15) is 11.8 Å². The summed E-state index contributed by atoms with van der Waals surface area (Å²) in [5, 5.41) is 1.43. The highest BCUT2D eigenvalue weighted by molar-refractivity contribution is 7.98. The Kier molecular flexibility index (Phi) is 7.42. The Morgan fingerprint density at radius 2 is 2.11 bits per heavy atom. The second-order valence-corrected chi connectivity index (χ2v) is 6.07. The van der Waals surface area contributed by atoms with Crippen LogP contribution in [0.15, 0.2) is 18.2 Å². The minimum Gasteiger partial charge on any atom is -0.329 e. The van der Waals surface area contributed by atoms with E-state index in [9.17, 15) is 0 Å². The van der Waals surface area contributed by atoms with Crippen molar-refractivity contribution in [2.75, 3.05) is 32.1 Å². The molecule has 0 radical (unpaired) electrons. The second-order valence-electron chi connectivity index (χ2n) is 4.24. The number of nitrogens with two attached hydrogens (primary N) is 1. The first-order valence-electron chi connectivity index (χ1n) is 5.94. The molecule has 0 amide bonds. The van der Waals surface area contributed by atoms with Gasteiger partial charge in [-0.05, 0) is 55.8 Å². The number of hydrogen-bond donors (Lipinski definition) is 1. The number of thioether (sulfide) groups is 1. The van der Waals surface area contributed by atoms with Gasteiger partial charge in [0.1, 0.15) is 0 Å². The van der Waals surface area contributed by atoms with Crippen LogP contribution in [0.3, 0.4) is 0 Å². The molecule has 0 heterocycles. The van der Waals surface area contributed by atoms with Crippen molar-refractivity contribution in [1.29, 1.82) is 0 Å². The van der Waals surface area contributed by atoms with Crippen LogP contribution in [0, 0.1) is 0 Å². The molecule has 0 fully saturated rings. The highest BCUT2D eigenvalue weighted by atomic mass is 35.5. The maximum absolute atomic E-state index is 6.23. The molecule has 0 spiro atoms. The zero-order valence-corrected chi connectivity index (χ0v) is 13.2. The highest BCUT2D eigenvalue weighted by Crippen LogP contribution is 2.29. The zero-order chi connectivity index (χ0) is 13.5. The average molecular weight is 307 g/mol. The SMILES string of the molecule is CSCCCN(C)C(CN)c1cc(Cl)ccc1Cl. The van der Waals surface area contributed by atoms with Gasteiger partial charge in [-0.25, -0.2) is 0 Å². The highest BCUT2D eigenvalue weighted by Gasteiger charge is 2.18. The average Bonchev–Trinajstić information content (AvgIpc) is 2.35. The standard InChI is InChI=1S/C13H20Cl2N2S/c1-17(6-3-7-18-2)13(9-16)11-8-10(14)4-5-12(11)15/h4-5,8,13H,3,6-7,9,16H2,1-2H3. The van der Waals surface area contributed by atoms with Crippen molar-refractivity contribution >= 4 is 35.0 Å². The van der Waals surface area contributed by atoms with E-state index in [0.717, 1.165) is 29.3 Å². The van der Waals surface area contributed by atoms with E-state index < -0.39 is 0 Å². The van der Waals surface area contributed by atoms with Gasteiger partial charge >= 0.3 is 0 Å². The molecule has 18 heavy (non-hydrogen) atoms. The van der Waals surface area contributed by atoms with E-state index >= 15 is 0 Å².